The molecule has 1 aromatic carbocycles. The highest BCUT2D eigenvalue weighted by Gasteiger charge is 2.38. The summed E-state index contributed by atoms with van der Waals surface area (Å²) in [6, 6.07) is 5.46. The highest BCUT2D eigenvalue weighted by molar-refractivity contribution is 6.31. The molecule has 1 aliphatic rings. The van der Waals surface area contributed by atoms with Gasteiger partial charge in [-0.2, -0.15) is 5.26 Å². The molecule has 1 aromatic heterocycles. The lowest BCUT2D eigenvalue weighted by atomic mass is 9.81. The third-order valence-electron chi connectivity index (χ3n) is 4.68. The molecule has 1 atom stereocenters. The maximum absolute atomic E-state index is 12.6. The van der Waals surface area contributed by atoms with E-state index in [9.17, 15) is 10.1 Å². The van der Waals surface area contributed by atoms with E-state index in [-0.39, 0.29) is 27.9 Å². The van der Waals surface area contributed by atoms with Gasteiger partial charge in [-0.25, -0.2) is 9.78 Å². The zero-order valence-electron chi connectivity index (χ0n) is 16.2. The van der Waals surface area contributed by atoms with Crippen LogP contribution in [0.4, 0.5) is 0 Å². The van der Waals surface area contributed by atoms with Crippen molar-refractivity contribution in [2.45, 2.75) is 12.8 Å². The van der Waals surface area contributed by atoms with Crippen LogP contribution in [0.3, 0.4) is 0 Å². The Kier molecular flexibility index (Phi) is 5.52. The molecular weight excluding hydrogens is 398 g/mol. The van der Waals surface area contributed by atoms with Gasteiger partial charge in [-0.3, -0.25) is 0 Å². The molecule has 0 fully saturated rings. The van der Waals surface area contributed by atoms with Crippen molar-refractivity contribution in [1.82, 2.24) is 4.98 Å². The average Bonchev–Trinajstić information content (AvgIpc) is 2.71. The van der Waals surface area contributed by atoms with Crippen LogP contribution in [0, 0.1) is 11.3 Å². The molecule has 0 saturated carbocycles. The first-order chi connectivity index (χ1) is 13.9. The minimum atomic E-state index is -0.928. The third-order valence-corrected chi connectivity index (χ3v) is 4.99. The number of esters is 1. The predicted octanol–water partition coefficient (Wildman–Crippen LogP) is 3.16. The van der Waals surface area contributed by atoms with Crippen LogP contribution in [0.15, 0.2) is 41.1 Å². The van der Waals surface area contributed by atoms with Crippen molar-refractivity contribution >= 4 is 28.3 Å². The zero-order valence-corrected chi connectivity index (χ0v) is 17.0. The van der Waals surface area contributed by atoms with Crippen molar-refractivity contribution in [3.8, 4) is 17.6 Å². The first-order valence-electron chi connectivity index (χ1n) is 8.44. The van der Waals surface area contributed by atoms with E-state index in [1.165, 1.54) is 21.3 Å². The number of methoxy groups -OCH3 is 3. The van der Waals surface area contributed by atoms with Crippen LogP contribution in [0.5, 0.6) is 11.5 Å². The van der Waals surface area contributed by atoms with E-state index < -0.39 is 11.9 Å². The molecule has 1 aliphatic heterocycles. The van der Waals surface area contributed by atoms with Crippen LogP contribution < -0.4 is 15.2 Å². The normalized spacial score (nSPS) is 16.3. The summed E-state index contributed by atoms with van der Waals surface area (Å²) in [5, 5.41) is 11.1. The van der Waals surface area contributed by atoms with Gasteiger partial charge in [0.25, 0.3) is 0 Å². The number of aromatic nitrogens is 1. The summed E-state index contributed by atoms with van der Waals surface area (Å²) < 4.78 is 21.1. The summed E-state index contributed by atoms with van der Waals surface area (Å²) in [7, 11) is 4.26. The second-order valence-corrected chi connectivity index (χ2v) is 6.50. The second-order valence-electron chi connectivity index (χ2n) is 6.14. The highest BCUT2D eigenvalue weighted by atomic mass is 35.5. The Morgan fingerprint density at radius 1 is 1.28 bits per heavy atom. The van der Waals surface area contributed by atoms with Gasteiger partial charge in [-0.05, 0) is 24.4 Å². The van der Waals surface area contributed by atoms with E-state index in [0.717, 1.165) is 0 Å². The SMILES string of the molecule is COC(=O)C1=C(C)OC(N)=C(C#N)[C@H]1c1c(Cl)ncc2cc(OC)c(OC)cc12. The summed E-state index contributed by atoms with van der Waals surface area (Å²) in [4.78, 5) is 16.8. The molecule has 8 nitrogen and oxygen atoms in total. The van der Waals surface area contributed by atoms with Gasteiger partial charge in [0, 0.05) is 17.1 Å². The van der Waals surface area contributed by atoms with Gasteiger partial charge in [0.2, 0.25) is 5.88 Å². The summed E-state index contributed by atoms with van der Waals surface area (Å²) >= 11 is 6.47. The number of rotatable bonds is 4. The van der Waals surface area contributed by atoms with Gasteiger partial charge in [-0.1, -0.05) is 11.6 Å². The minimum absolute atomic E-state index is 0.0296. The molecule has 29 heavy (non-hydrogen) atoms. The first kappa shape index (κ1) is 20.3. The maximum atomic E-state index is 12.6. The van der Waals surface area contributed by atoms with Crippen molar-refractivity contribution in [3.63, 3.8) is 0 Å². The van der Waals surface area contributed by atoms with Gasteiger partial charge in [0.1, 0.15) is 22.6 Å². The molecule has 0 radical (unpaired) electrons. The van der Waals surface area contributed by atoms with E-state index in [0.29, 0.717) is 27.8 Å². The number of hydrogen-bond acceptors (Lipinski definition) is 8. The Morgan fingerprint density at radius 3 is 2.52 bits per heavy atom. The monoisotopic (exact) mass is 415 g/mol. The molecule has 150 valence electrons. The van der Waals surface area contributed by atoms with E-state index in [1.807, 2.05) is 6.07 Å². The summed E-state index contributed by atoms with van der Waals surface area (Å²) in [6.45, 7) is 1.57. The van der Waals surface area contributed by atoms with Crippen LogP contribution in [0.1, 0.15) is 18.4 Å². The summed E-state index contributed by atoms with van der Waals surface area (Å²) in [5.41, 5.74) is 6.50. The molecule has 0 amide bonds. The molecule has 0 bridgehead atoms. The quantitative estimate of drug-likeness (QED) is 0.597. The average molecular weight is 416 g/mol. The van der Waals surface area contributed by atoms with Gasteiger partial charge in [-0.15, -0.1) is 0 Å². The summed E-state index contributed by atoms with van der Waals surface area (Å²) in [5.74, 6) is -0.545. The van der Waals surface area contributed by atoms with Crippen LogP contribution in [-0.2, 0) is 14.3 Å². The fraction of sp³-hybridized carbons (Fsp3) is 0.250. The van der Waals surface area contributed by atoms with Crippen LogP contribution >= 0.6 is 11.6 Å². The first-order valence-corrected chi connectivity index (χ1v) is 8.82. The molecule has 0 aliphatic carbocycles. The lowest BCUT2D eigenvalue weighted by Gasteiger charge is -2.27. The Labute approximate surface area is 172 Å². The molecule has 0 unspecified atom stereocenters. The van der Waals surface area contributed by atoms with Crippen molar-refractivity contribution in [1.29, 1.82) is 5.26 Å². The molecule has 2 N–H and O–H groups in total. The number of pyridine rings is 1. The van der Waals surface area contributed by atoms with Crippen molar-refractivity contribution in [2.75, 3.05) is 21.3 Å². The fourth-order valence-electron chi connectivity index (χ4n) is 3.36. The van der Waals surface area contributed by atoms with E-state index in [1.54, 1.807) is 25.3 Å². The van der Waals surface area contributed by atoms with Crippen LogP contribution in [-0.4, -0.2) is 32.3 Å². The topological polar surface area (TPSA) is 117 Å². The standard InChI is InChI=1S/C20H18ClN3O5/c1-9-15(20(25)28-4)16(12(7-22)19(23)29-9)17-11-6-14(27-3)13(26-2)5-10(11)8-24-18(17)21/h5-6,8,16H,23H2,1-4H3/t16-/m1/s1. The number of halogens is 1. The van der Waals surface area contributed by atoms with Crippen LogP contribution in [0.2, 0.25) is 5.15 Å². The number of fused-ring (bicyclic) bond motifs is 1. The molecule has 2 aromatic rings. The largest absolute Gasteiger partial charge is 0.493 e. The highest BCUT2D eigenvalue weighted by Crippen LogP contribution is 2.46. The number of allylic oxidation sites excluding steroid dienone is 2. The number of nitrogens with zero attached hydrogens (tertiary/aromatic N) is 2. The van der Waals surface area contributed by atoms with E-state index in [4.69, 9.17) is 36.3 Å². The fourth-order valence-corrected chi connectivity index (χ4v) is 3.62. The number of nitriles is 1. The number of hydrogen-bond donors (Lipinski definition) is 1. The number of carbonyl (C=O) groups is 1. The molecule has 9 heteroatoms. The third kappa shape index (κ3) is 3.30. The smallest absolute Gasteiger partial charge is 0.338 e. The molecule has 2 heterocycles. The minimum Gasteiger partial charge on any atom is -0.493 e. The molecule has 3 rings (SSSR count). The number of nitrogens with two attached hydrogens (primary N) is 1. The Balaban J connectivity index is 2.42. The number of ether oxygens (including phenoxy) is 4. The van der Waals surface area contributed by atoms with E-state index in [2.05, 4.69) is 4.98 Å². The number of carbonyl (C=O) groups excluding carboxylic acids is 1. The predicted molar refractivity (Wildman–Crippen MR) is 105 cm³/mol. The lowest BCUT2D eigenvalue weighted by Crippen LogP contribution is -2.25. The van der Waals surface area contributed by atoms with Crippen molar-refractivity contribution in [3.05, 3.63) is 51.8 Å². The molecular formula is C20H18ClN3O5. The Bertz CT molecular complexity index is 1120. The molecule has 0 saturated heterocycles. The maximum Gasteiger partial charge on any atom is 0.338 e. The van der Waals surface area contributed by atoms with Gasteiger partial charge < -0.3 is 24.7 Å². The second kappa shape index (κ2) is 7.89. The lowest BCUT2D eigenvalue weighted by molar-refractivity contribution is -0.136. The Morgan fingerprint density at radius 2 is 1.93 bits per heavy atom. The molecule has 0 spiro atoms. The van der Waals surface area contributed by atoms with Crippen molar-refractivity contribution in [2.24, 2.45) is 5.73 Å². The number of benzene rings is 1. The summed E-state index contributed by atoms with van der Waals surface area (Å²) in [6.07, 6.45) is 1.57. The zero-order chi connectivity index (χ0) is 21.3. The van der Waals surface area contributed by atoms with Crippen molar-refractivity contribution < 1.29 is 23.7 Å². The van der Waals surface area contributed by atoms with E-state index >= 15 is 0 Å². The van der Waals surface area contributed by atoms with Gasteiger partial charge >= 0.3 is 5.97 Å². The van der Waals surface area contributed by atoms with Gasteiger partial charge in [0.05, 0.1) is 32.8 Å². The van der Waals surface area contributed by atoms with Gasteiger partial charge in [0.15, 0.2) is 11.5 Å². The Hall–Kier alpha value is -3.44. The van der Waals surface area contributed by atoms with Crippen LogP contribution in [0.25, 0.3) is 10.8 Å².